The van der Waals surface area contributed by atoms with Crippen LogP contribution >= 0.6 is 35.0 Å². The molecule has 1 N–H and O–H groups in total. The van der Waals surface area contributed by atoms with Crippen LogP contribution in [-0.4, -0.2) is 34.0 Å². The van der Waals surface area contributed by atoms with Gasteiger partial charge < -0.3 is 10.2 Å². The lowest BCUT2D eigenvalue weighted by molar-refractivity contribution is -0.141. The molecule has 0 radical (unpaired) electrons. The second-order valence-electron chi connectivity index (χ2n) is 8.47. The molecule has 2 amide bonds. The summed E-state index contributed by atoms with van der Waals surface area (Å²) < 4.78 is 0. The van der Waals surface area contributed by atoms with Gasteiger partial charge in [0.15, 0.2) is 0 Å². The first-order valence-electron chi connectivity index (χ1n) is 10.3. The number of hydrogen-bond acceptors (Lipinski definition) is 3. The second-order valence-corrected chi connectivity index (χ2v) is 10.5. The molecule has 7 heteroatoms. The van der Waals surface area contributed by atoms with Gasteiger partial charge in [-0.2, -0.15) is 0 Å². The summed E-state index contributed by atoms with van der Waals surface area (Å²) >= 11 is 13.6. The van der Waals surface area contributed by atoms with Crippen LogP contribution in [0.4, 0.5) is 0 Å². The molecule has 2 aromatic carbocycles. The molecule has 0 aromatic heterocycles. The summed E-state index contributed by atoms with van der Waals surface area (Å²) in [4.78, 5) is 28.6. The van der Waals surface area contributed by atoms with Gasteiger partial charge in [0.2, 0.25) is 11.8 Å². The average Bonchev–Trinajstić information content (AvgIpc) is 2.70. The van der Waals surface area contributed by atoms with Crippen molar-refractivity contribution in [2.45, 2.75) is 63.6 Å². The van der Waals surface area contributed by atoms with Crippen molar-refractivity contribution < 1.29 is 9.59 Å². The van der Waals surface area contributed by atoms with Gasteiger partial charge in [0.1, 0.15) is 6.04 Å². The van der Waals surface area contributed by atoms with Crippen LogP contribution in [0.1, 0.15) is 46.1 Å². The third-order valence-corrected chi connectivity index (χ3v) is 6.15. The molecule has 0 heterocycles. The zero-order valence-electron chi connectivity index (χ0n) is 18.5. The molecular weight excluding hydrogens is 451 g/mol. The lowest BCUT2D eigenvalue weighted by atomic mass is 10.1. The monoisotopic (exact) mass is 480 g/mol. The summed E-state index contributed by atoms with van der Waals surface area (Å²) in [6, 6.07) is 14.4. The van der Waals surface area contributed by atoms with Crippen molar-refractivity contribution in [1.29, 1.82) is 0 Å². The van der Waals surface area contributed by atoms with E-state index in [2.05, 4.69) is 5.32 Å². The molecule has 0 fully saturated rings. The highest BCUT2D eigenvalue weighted by molar-refractivity contribution is 7.99. The predicted octanol–water partition coefficient (Wildman–Crippen LogP) is 6.20. The molecule has 31 heavy (non-hydrogen) atoms. The summed E-state index contributed by atoms with van der Waals surface area (Å²) in [6.07, 6.45) is 1.10. The molecule has 168 valence electrons. The number of carbonyl (C=O) groups excluding carboxylic acids is 2. The molecule has 0 spiro atoms. The summed E-state index contributed by atoms with van der Waals surface area (Å²) in [6.45, 7) is 7.92. The summed E-state index contributed by atoms with van der Waals surface area (Å²) in [7, 11) is 0. The fraction of sp³-hybridized carbons (Fsp3) is 0.417. The van der Waals surface area contributed by atoms with Crippen LogP contribution in [0.15, 0.2) is 53.4 Å². The van der Waals surface area contributed by atoms with Crippen LogP contribution in [-0.2, 0) is 16.1 Å². The Morgan fingerprint density at radius 1 is 1.00 bits per heavy atom. The topological polar surface area (TPSA) is 49.4 Å². The number of rotatable bonds is 9. The molecule has 4 nitrogen and oxygen atoms in total. The Hall–Kier alpha value is -1.69. The van der Waals surface area contributed by atoms with Gasteiger partial charge in [0, 0.05) is 33.4 Å². The molecule has 0 aliphatic heterocycles. The van der Waals surface area contributed by atoms with E-state index in [0.29, 0.717) is 23.0 Å². The van der Waals surface area contributed by atoms with Gasteiger partial charge >= 0.3 is 0 Å². The van der Waals surface area contributed by atoms with E-state index in [9.17, 15) is 9.59 Å². The van der Waals surface area contributed by atoms with Crippen molar-refractivity contribution >= 4 is 46.8 Å². The molecule has 0 aliphatic carbocycles. The second kappa shape index (κ2) is 11.8. The highest BCUT2D eigenvalue weighted by Crippen LogP contribution is 2.22. The maximum Gasteiger partial charge on any atom is 0.242 e. The van der Waals surface area contributed by atoms with Crippen LogP contribution in [0.3, 0.4) is 0 Å². The first-order valence-corrected chi connectivity index (χ1v) is 12.0. The highest BCUT2D eigenvalue weighted by Gasteiger charge is 2.28. The molecule has 1 unspecified atom stereocenters. The number of carbonyl (C=O) groups is 2. The minimum absolute atomic E-state index is 0.0387. The molecule has 0 saturated carbocycles. The zero-order chi connectivity index (χ0) is 23.0. The molecule has 1 atom stereocenters. The highest BCUT2D eigenvalue weighted by atomic mass is 35.5. The van der Waals surface area contributed by atoms with Crippen molar-refractivity contribution in [3.63, 3.8) is 0 Å². The van der Waals surface area contributed by atoms with Crippen molar-refractivity contribution in [3.05, 3.63) is 64.1 Å². The average molecular weight is 481 g/mol. The normalized spacial score (nSPS) is 12.3. The third-order valence-electron chi connectivity index (χ3n) is 4.55. The van der Waals surface area contributed by atoms with Crippen LogP contribution in [0.25, 0.3) is 0 Å². The number of thioether (sulfide) groups is 1. The molecular formula is C24H30Cl2N2O2S. The number of halogens is 2. The van der Waals surface area contributed by atoms with Gasteiger partial charge in [-0.3, -0.25) is 9.59 Å². The van der Waals surface area contributed by atoms with Gasteiger partial charge in [-0.15, -0.1) is 11.8 Å². The Morgan fingerprint density at radius 3 is 2.10 bits per heavy atom. The molecule has 0 aliphatic rings. The van der Waals surface area contributed by atoms with Crippen LogP contribution < -0.4 is 5.32 Å². The number of benzene rings is 2. The van der Waals surface area contributed by atoms with Gasteiger partial charge in [-0.25, -0.2) is 0 Å². The zero-order valence-corrected chi connectivity index (χ0v) is 20.8. The fourth-order valence-corrected chi connectivity index (χ4v) is 4.04. The molecule has 2 aromatic rings. The summed E-state index contributed by atoms with van der Waals surface area (Å²) in [5, 5.41) is 4.32. The first kappa shape index (κ1) is 25.6. The third kappa shape index (κ3) is 9.14. The SMILES string of the molecule is CC(C(=O)NC(C)(C)C)N(Cc1ccc(Cl)cc1)C(=O)CCCSc1ccc(Cl)cc1. The Kier molecular flexibility index (Phi) is 9.73. The Balaban J connectivity index is 2.01. The smallest absolute Gasteiger partial charge is 0.242 e. The van der Waals surface area contributed by atoms with Crippen molar-refractivity contribution in [2.75, 3.05) is 5.75 Å². The largest absolute Gasteiger partial charge is 0.350 e. The van der Waals surface area contributed by atoms with Gasteiger partial charge in [-0.1, -0.05) is 35.3 Å². The number of hydrogen-bond donors (Lipinski definition) is 1. The van der Waals surface area contributed by atoms with E-state index in [1.54, 1.807) is 35.7 Å². The fourth-order valence-electron chi connectivity index (χ4n) is 2.93. The molecule has 0 saturated heterocycles. The van der Waals surface area contributed by atoms with Crippen molar-refractivity contribution in [2.24, 2.45) is 0 Å². The number of nitrogens with zero attached hydrogens (tertiary/aromatic N) is 1. The van der Waals surface area contributed by atoms with E-state index in [1.807, 2.05) is 57.2 Å². The minimum atomic E-state index is -0.577. The van der Waals surface area contributed by atoms with Gasteiger partial charge in [0.25, 0.3) is 0 Å². The molecule has 2 rings (SSSR count). The number of amides is 2. The van der Waals surface area contributed by atoms with Crippen molar-refractivity contribution in [1.82, 2.24) is 10.2 Å². The van der Waals surface area contributed by atoms with Gasteiger partial charge in [-0.05, 0) is 81.8 Å². The van der Waals surface area contributed by atoms with E-state index in [0.717, 1.165) is 22.6 Å². The Bertz CT molecular complexity index is 865. The summed E-state index contributed by atoms with van der Waals surface area (Å²) in [5.41, 5.74) is 0.568. The van der Waals surface area contributed by atoms with Crippen LogP contribution in [0, 0.1) is 0 Å². The van der Waals surface area contributed by atoms with E-state index in [-0.39, 0.29) is 17.4 Å². The van der Waals surface area contributed by atoms with E-state index >= 15 is 0 Å². The standard InChI is InChI=1S/C24H30Cl2N2O2S/c1-17(23(30)27-24(2,3)4)28(16-18-7-9-19(25)10-8-18)22(29)6-5-15-31-21-13-11-20(26)12-14-21/h7-14,17H,5-6,15-16H2,1-4H3,(H,27,30). The first-order chi connectivity index (χ1) is 14.5. The molecule has 0 bridgehead atoms. The maximum absolute atomic E-state index is 13.1. The van der Waals surface area contributed by atoms with E-state index < -0.39 is 6.04 Å². The lowest BCUT2D eigenvalue weighted by Gasteiger charge is -2.31. The Labute approximate surface area is 199 Å². The van der Waals surface area contributed by atoms with Crippen LogP contribution in [0.5, 0.6) is 0 Å². The Morgan fingerprint density at radius 2 is 1.55 bits per heavy atom. The number of nitrogens with one attached hydrogen (secondary N) is 1. The van der Waals surface area contributed by atoms with Crippen LogP contribution in [0.2, 0.25) is 10.0 Å². The van der Waals surface area contributed by atoms with E-state index in [4.69, 9.17) is 23.2 Å². The summed E-state index contributed by atoms with van der Waals surface area (Å²) in [5.74, 6) is 0.610. The lowest BCUT2D eigenvalue weighted by Crippen LogP contribution is -2.52. The van der Waals surface area contributed by atoms with Gasteiger partial charge in [0.05, 0.1) is 0 Å². The maximum atomic E-state index is 13.1. The minimum Gasteiger partial charge on any atom is -0.350 e. The van der Waals surface area contributed by atoms with E-state index in [1.165, 1.54) is 0 Å². The quantitative estimate of drug-likeness (QED) is 0.343. The van der Waals surface area contributed by atoms with Crippen molar-refractivity contribution in [3.8, 4) is 0 Å². The predicted molar refractivity (Wildman–Crippen MR) is 131 cm³/mol.